The third-order valence-corrected chi connectivity index (χ3v) is 6.37. The van der Waals surface area contributed by atoms with Crippen molar-refractivity contribution in [2.45, 2.75) is 38.3 Å². The Morgan fingerprint density at radius 2 is 2.00 bits per heavy atom. The number of rotatable bonds is 4. The Labute approximate surface area is 164 Å². The van der Waals surface area contributed by atoms with Crippen LogP contribution in [0.25, 0.3) is 11.0 Å². The van der Waals surface area contributed by atoms with Crippen LogP contribution in [0.3, 0.4) is 0 Å². The first-order valence-electron chi connectivity index (χ1n) is 9.88. The topological polar surface area (TPSA) is 75.6 Å². The van der Waals surface area contributed by atoms with Gasteiger partial charge in [-0.2, -0.15) is 0 Å². The van der Waals surface area contributed by atoms with Gasteiger partial charge in [0.25, 0.3) is 0 Å². The van der Waals surface area contributed by atoms with E-state index in [2.05, 4.69) is 20.9 Å². The van der Waals surface area contributed by atoms with Crippen molar-refractivity contribution in [3.8, 4) is 0 Å². The molecule has 2 fully saturated rings. The van der Waals surface area contributed by atoms with Crippen LogP contribution in [0.1, 0.15) is 31.7 Å². The number of amides is 1. The first-order valence-corrected chi connectivity index (χ1v) is 9.88. The van der Waals surface area contributed by atoms with Gasteiger partial charge in [-0.15, -0.1) is 0 Å². The van der Waals surface area contributed by atoms with Gasteiger partial charge in [0, 0.05) is 45.0 Å². The number of methoxy groups -OCH3 is 1. The Balaban J connectivity index is 1.53. The number of carbonyl (C=O) groups is 2. The number of ether oxygens (including phenoxy) is 1. The van der Waals surface area contributed by atoms with Gasteiger partial charge in [0.05, 0.1) is 29.6 Å². The maximum absolute atomic E-state index is 12.5. The molecule has 2 aliphatic rings. The lowest BCUT2D eigenvalue weighted by Crippen LogP contribution is -2.57. The summed E-state index contributed by atoms with van der Waals surface area (Å²) in [5, 5.41) is 0. The van der Waals surface area contributed by atoms with Crippen molar-refractivity contribution < 1.29 is 14.3 Å². The monoisotopic (exact) mass is 382 g/mol. The standard InChI is InChI=1S/C21H26N4O3/c1-3-25-18(26)13-16(20(27)28-2)21(25)7-11-24(12-8-21)14-15-5-4-6-17-19(15)23-10-9-22-17/h4-6,9-10,16H,3,7-8,11-14H2,1-2H3. The van der Waals surface area contributed by atoms with Gasteiger partial charge in [-0.1, -0.05) is 12.1 Å². The number of benzene rings is 1. The molecule has 1 unspecified atom stereocenters. The van der Waals surface area contributed by atoms with E-state index >= 15 is 0 Å². The predicted molar refractivity (Wildman–Crippen MR) is 104 cm³/mol. The van der Waals surface area contributed by atoms with Gasteiger partial charge in [-0.05, 0) is 31.4 Å². The average Bonchev–Trinajstić information content (AvgIpc) is 3.00. The zero-order chi connectivity index (χ0) is 19.7. The predicted octanol–water partition coefficient (Wildman–Crippen LogP) is 2.01. The molecule has 1 amide bonds. The van der Waals surface area contributed by atoms with E-state index in [-0.39, 0.29) is 24.2 Å². The van der Waals surface area contributed by atoms with Gasteiger partial charge in [0.1, 0.15) is 0 Å². The SMILES string of the molecule is CCN1C(=O)CC(C(=O)OC)C12CCN(Cc1cccc3nccnc13)CC2. The summed E-state index contributed by atoms with van der Waals surface area (Å²) in [6, 6.07) is 6.08. The van der Waals surface area contributed by atoms with Crippen LogP contribution in [0, 0.1) is 5.92 Å². The van der Waals surface area contributed by atoms with Crippen LogP contribution in [-0.4, -0.2) is 63.9 Å². The van der Waals surface area contributed by atoms with Crippen molar-refractivity contribution >= 4 is 22.9 Å². The molecule has 0 radical (unpaired) electrons. The summed E-state index contributed by atoms with van der Waals surface area (Å²) < 4.78 is 5.03. The molecule has 1 spiro atoms. The molecule has 2 aliphatic heterocycles. The minimum atomic E-state index is -0.409. The molecule has 1 aromatic carbocycles. The number of fused-ring (bicyclic) bond motifs is 1. The van der Waals surface area contributed by atoms with E-state index in [0.29, 0.717) is 6.54 Å². The molecule has 1 atom stereocenters. The molecule has 0 bridgehead atoms. The normalized spacial score (nSPS) is 22.1. The number of esters is 1. The second-order valence-corrected chi connectivity index (χ2v) is 7.64. The van der Waals surface area contributed by atoms with E-state index < -0.39 is 5.54 Å². The van der Waals surface area contributed by atoms with Crippen molar-refractivity contribution in [2.24, 2.45) is 5.92 Å². The number of likely N-dealkylation sites (tertiary alicyclic amines) is 2. The van der Waals surface area contributed by atoms with E-state index in [0.717, 1.165) is 49.1 Å². The first kappa shape index (κ1) is 18.8. The third-order valence-electron chi connectivity index (χ3n) is 6.37. The van der Waals surface area contributed by atoms with Crippen LogP contribution in [0.5, 0.6) is 0 Å². The van der Waals surface area contributed by atoms with E-state index in [9.17, 15) is 9.59 Å². The molecule has 0 aliphatic carbocycles. The second kappa shape index (κ2) is 7.47. The Hall–Kier alpha value is -2.54. The molecule has 3 heterocycles. The van der Waals surface area contributed by atoms with Crippen LogP contribution >= 0.6 is 0 Å². The van der Waals surface area contributed by atoms with Crippen LogP contribution in [0.4, 0.5) is 0 Å². The molecule has 0 saturated carbocycles. The molecule has 2 aromatic rings. The van der Waals surface area contributed by atoms with Crippen molar-refractivity contribution in [2.75, 3.05) is 26.7 Å². The highest BCUT2D eigenvalue weighted by atomic mass is 16.5. The number of carbonyl (C=O) groups excluding carboxylic acids is 2. The van der Waals surface area contributed by atoms with Crippen LogP contribution < -0.4 is 0 Å². The van der Waals surface area contributed by atoms with Crippen LogP contribution in [0.2, 0.25) is 0 Å². The van der Waals surface area contributed by atoms with Crippen LogP contribution in [0.15, 0.2) is 30.6 Å². The lowest BCUT2D eigenvalue weighted by molar-refractivity contribution is -0.150. The highest BCUT2D eigenvalue weighted by molar-refractivity contribution is 5.89. The molecule has 1 aromatic heterocycles. The van der Waals surface area contributed by atoms with Gasteiger partial charge >= 0.3 is 5.97 Å². The molecular formula is C21H26N4O3. The highest BCUT2D eigenvalue weighted by Crippen LogP contribution is 2.44. The van der Waals surface area contributed by atoms with Crippen molar-refractivity contribution in [3.63, 3.8) is 0 Å². The molecule has 28 heavy (non-hydrogen) atoms. The Morgan fingerprint density at radius 3 is 2.71 bits per heavy atom. The number of hydrogen-bond donors (Lipinski definition) is 0. The van der Waals surface area contributed by atoms with Crippen molar-refractivity contribution in [1.82, 2.24) is 19.8 Å². The maximum atomic E-state index is 12.5. The number of aromatic nitrogens is 2. The van der Waals surface area contributed by atoms with Crippen LogP contribution in [-0.2, 0) is 20.9 Å². The van der Waals surface area contributed by atoms with Gasteiger partial charge in [-0.3, -0.25) is 24.5 Å². The maximum Gasteiger partial charge on any atom is 0.311 e. The zero-order valence-corrected chi connectivity index (χ0v) is 16.4. The Morgan fingerprint density at radius 1 is 1.25 bits per heavy atom. The van der Waals surface area contributed by atoms with E-state index in [1.807, 2.05) is 24.0 Å². The minimum absolute atomic E-state index is 0.0654. The number of piperidine rings is 1. The van der Waals surface area contributed by atoms with Crippen molar-refractivity contribution in [1.29, 1.82) is 0 Å². The number of nitrogens with zero attached hydrogens (tertiary/aromatic N) is 4. The molecule has 7 nitrogen and oxygen atoms in total. The quantitative estimate of drug-likeness (QED) is 0.753. The summed E-state index contributed by atoms with van der Waals surface area (Å²) in [6.45, 7) is 5.06. The largest absolute Gasteiger partial charge is 0.469 e. The van der Waals surface area contributed by atoms with Crippen molar-refractivity contribution in [3.05, 3.63) is 36.2 Å². The van der Waals surface area contributed by atoms with E-state index in [1.165, 1.54) is 7.11 Å². The summed E-state index contributed by atoms with van der Waals surface area (Å²) in [6.07, 6.45) is 5.26. The Bertz CT molecular complexity index is 885. The first-order chi connectivity index (χ1) is 13.6. The second-order valence-electron chi connectivity index (χ2n) is 7.64. The summed E-state index contributed by atoms with van der Waals surface area (Å²) in [5.41, 5.74) is 2.58. The summed E-state index contributed by atoms with van der Waals surface area (Å²) in [7, 11) is 1.41. The molecule has 2 saturated heterocycles. The lowest BCUT2D eigenvalue weighted by Gasteiger charge is -2.46. The fourth-order valence-corrected chi connectivity index (χ4v) is 4.99. The minimum Gasteiger partial charge on any atom is -0.469 e. The van der Waals surface area contributed by atoms with E-state index in [1.54, 1.807) is 12.4 Å². The molecule has 0 N–H and O–H groups in total. The highest BCUT2D eigenvalue weighted by Gasteiger charge is 2.56. The fourth-order valence-electron chi connectivity index (χ4n) is 4.99. The Kier molecular flexibility index (Phi) is 5.02. The lowest BCUT2D eigenvalue weighted by atomic mass is 9.76. The third kappa shape index (κ3) is 3.03. The molecule has 7 heteroatoms. The smallest absolute Gasteiger partial charge is 0.311 e. The summed E-state index contributed by atoms with van der Waals surface area (Å²) >= 11 is 0. The zero-order valence-electron chi connectivity index (χ0n) is 16.4. The fraction of sp³-hybridized carbons (Fsp3) is 0.524. The number of para-hydroxylation sites is 1. The summed E-state index contributed by atoms with van der Waals surface area (Å²) in [4.78, 5) is 38.1. The number of hydrogen-bond acceptors (Lipinski definition) is 6. The van der Waals surface area contributed by atoms with Gasteiger partial charge < -0.3 is 9.64 Å². The molecule has 148 valence electrons. The van der Waals surface area contributed by atoms with Gasteiger partial charge in [0.2, 0.25) is 5.91 Å². The van der Waals surface area contributed by atoms with Gasteiger partial charge in [-0.25, -0.2) is 0 Å². The van der Waals surface area contributed by atoms with E-state index in [4.69, 9.17) is 4.74 Å². The summed E-state index contributed by atoms with van der Waals surface area (Å²) in [5.74, 6) is -0.562. The average molecular weight is 382 g/mol. The van der Waals surface area contributed by atoms with Gasteiger partial charge in [0.15, 0.2) is 0 Å². The molecular weight excluding hydrogens is 356 g/mol. The molecule has 4 rings (SSSR count).